The van der Waals surface area contributed by atoms with Crippen LogP contribution in [-0.4, -0.2) is 38.8 Å². The minimum absolute atomic E-state index is 0.0693. The Labute approximate surface area is 130 Å². The van der Waals surface area contributed by atoms with Gasteiger partial charge in [-0.2, -0.15) is 5.10 Å². The highest BCUT2D eigenvalue weighted by Crippen LogP contribution is 2.27. The lowest BCUT2D eigenvalue weighted by atomic mass is 10.1. The molecule has 0 aromatic carbocycles. The van der Waals surface area contributed by atoms with E-state index in [4.69, 9.17) is 4.74 Å². The number of aromatic nitrogens is 2. The van der Waals surface area contributed by atoms with Crippen LogP contribution in [0.5, 0.6) is 0 Å². The molecule has 1 N–H and O–H groups in total. The number of aryl methyl sites for hydroxylation is 1. The molecule has 0 radical (unpaired) electrons. The molecule has 0 atom stereocenters. The smallest absolute Gasteiger partial charge is 0.410 e. The van der Waals surface area contributed by atoms with Gasteiger partial charge in [0, 0.05) is 32.0 Å². The van der Waals surface area contributed by atoms with Gasteiger partial charge >= 0.3 is 6.09 Å². The third kappa shape index (κ3) is 3.58. The second-order valence-corrected chi connectivity index (χ2v) is 6.45. The highest BCUT2D eigenvalue weighted by Gasteiger charge is 2.29. The molecule has 1 aromatic heterocycles. The monoisotopic (exact) mass is 308 g/mol. The van der Waals surface area contributed by atoms with Crippen LogP contribution in [0.25, 0.3) is 0 Å². The highest BCUT2D eigenvalue weighted by atomic mass is 16.6. The fourth-order valence-corrected chi connectivity index (χ4v) is 2.36. The molecule has 2 heterocycles. The fourth-order valence-electron chi connectivity index (χ4n) is 2.36. The predicted molar refractivity (Wildman–Crippen MR) is 82.5 cm³/mol. The number of nitrogens with zero attached hydrogens (tertiary/aromatic N) is 3. The summed E-state index contributed by atoms with van der Waals surface area (Å²) in [5.74, 6) is 0.593. The summed E-state index contributed by atoms with van der Waals surface area (Å²) in [6.07, 6.45) is 0.718. The minimum atomic E-state index is -0.522. The zero-order valence-electron chi connectivity index (χ0n) is 13.9. The van der Waals surface area contributed by atoms with E-state index in [0.717, 1.165) is 11.3 Å². The number of hydrogen-bond acceptors (Lipinski definition) is 4. The first-order valence-corrected chi connectivity index (χ1v) is 7.53. The maximum atomic E-state index is 12.2. The zero-order chi connectivity index (χ0) is 16.5. The van der Waals surface area contributed by atoms with Crippen LogP contribution in [0.2, 0.25) is 0 Å². The second kappa shape index (κ2) is 5.98. The van der Waals surface area contributed by atoms with Crippen LogP contribution in [0.4, 0.5) is 10.6 Å². The Balaban J connectivity index is 2.18. The van der Waals surface area contributed by atoms with E-state index in [1.807, 2.05) is 20.8 Å². The molecule has 0 saturated carbocycles. The van der Waals surface area contributed by atoms with Crippen molar-refractivity contribution in [3.05, 3.63) is 11.3 Å². The topological polar surface area (TPSA) is 76.5 Å². The van der Waals surface area contributed by atoms with Gasteiger partial charge in [0.1, 0.15) is 11.4 Å². The van der Waals surface area contributed by atoms with Crippen molar-refractivity contribution in [1.82, 2.24) is 14.7 Å². The van der Waals surface area contributed by atoms with E-state index in [1.165, 1.54) is 0 Å². The van der Waals surface area contributed by atoms with Crippen molar-refractivity contribution in [2.24, 2.45) is 7.05 Å². The Bertz CT molecular complexity index is 586. The largest absolute Gasteiger partial charge is 0.444 e. The van der Waals surface area contributed by atoms with Crippen molar-refractivity contribution in [3.8, 4) is 0 Å². The van der Waals surface area contributed by atoms with Crippen LogP contribution in [0, 0.1) is 0 Å². The average molecular weight is 308 g/mol. The number of amides is 2. The molecule has 22 heavy (non-hydrogen) atoms. The summed E-state index contributed by atoms with van der Waals surface area (Å²) in [5.41, 5.74) is 1.29. The van der Waals surface area contributed by atoms with E-state index in [2.05, 4.69) is 10.4 Å². The summed E-state index contributed by atoms with van der Waals surface area (Å²) < 4.78 is 7.08. The lowest BCUT2D eigenvalue weighted by molar-refractivity contribution is -0.115. The number of carbonyl (C=O) groups is 2. The fraction of sp³-hybridized carbons (Fsp3) is 0.667. The van der Waals surface area contributed by atoms with Crippen LogP contribution in [0.3, 0.4) is 0 Å². The SMILES string of the molecule is CCC(=O)Nc1c2c(nn1C)CCN(C(=O)OC(C)(C)C)C2. The lowest BCUT2D eigenvalue weighted by Gasteiger charge is -2.29. The van der Waals surface area contributed by atoms with Gasteiger partial charge in [0.2, 0.25) is 5.91 Å². The Morgan fingerprint density at radius 3 is 2.64 bits per heavy atom. The third-order valence-corrected chi connectivity index (χ3v) is 3.43. The van der Waals surface area contributed by atoms with Gasteiger partial charge in [-0.25, -0.2) is 4.79 Å². The summed E-state index contributed by atoms with van der Waals surface area (Å²) in [6, 6.07) is 0. The second-order valence-electron chi connectivity index (χ2n) is 6.45. The summed E-state index contributed by atoms with van der Waals surface area (Å²) in [4.78, 5) is 25.5. The van der Waals surface area contributed by atoms with Crippen LogP contribution in [0.1, 0.15) is 45.4 Å². The first kappa shape index (κ1) is 16.3. The van der Waals surface area contributed by atoms with Crippen LogP contribution < -0.4 is 5.32 Å². The number of ether oxygens (including phenoxy) is 1. The van der Waals surface area contributed by atoms with Gasteiger partial charge < -0.3 is 15.0 Å². The van der Waals surface area contributed by atoms with Crippen molar-refractivity contribution in [2.45, 2.75) is 52.7 Å². The molecule has 0 aliphatic carbocycles. The van der Waals surface area contributed by atoms with E-state index >= 15 is 0 Å². The maximum Gasteiger partial charge on any atom is 0.410 e. The first-order chi connectivity index (χ1) is 10.2. The molecule has 2 amide bonds. The standard InChI is InChI=1S/C15H24N4O3/c1-6-12(20)16-13-10-9-19(14(21)22-15(2,3)4)8-7-11(10)17-18(13)5/h6-9H2,1-5H3,(H,16,20). The Kier molecular flexibility index (Phi) is 4.44. The molecule has 1 aliphatic rings. The molecule has 1 aromatic rings. The number of fused-ring (bicyclic) bond motifs is 1. The summed E-state index contributed by atoms with van der Waals surface area (Å²) in [6.45, 7) is 8.30. The van der Waals surface area contributed by atoms with Crippen LogP contribution in [0.15, 0.2) is 0 Å². The average Bonchev–Trinajstić information content (AvgIpc) is 2.72. The normalized spacial score (nSPS) is 14.5. The number of anilines is 1. The van der Waals surface area contributed by atoms with Crippen molar-refractivity contribution >= 4 is 17.8 Å². The third-order valence-electron chi connectivity index (χ3n) is 3.43. The molecule has 1 aliphatic heterocycles. The number of nitrogens with one attached hydrogen (secondary N) is 1. The molecule has 7 heteroatoms. The number of rotatable bonds is 2. The van der Waals surface area contributed by atoms with E-state index in [9.17, 15) is 9.59 Å². The van der Waals surface area contributed by atoms with E-state index in [-0.39, 0.29) is 12.0 Å². The predicted octanol–water partition coefficient (Wildman–Crippen LogP) is 2.06. The summed E-state index contributed by atoms with van der Waals surface area (Å²) in [5, 5.41) is 7.29. The molecular weight excluding hydrogens is 284 g/mol. The Hall–Kier alpha value is -2.05. The van der Waals surface area contributed by atoms with Gasteiger partial charge in [0.25, 0.3) is 0 Å². The maximum absolute atomic E-state index is 12.2. The molecule has 0 bridgehead atoms. The molecule has 0 saturated heterocycles. The number of hydrogen-bond donors (Lipinski definition) is 1. The molecule has 0 spiro atoms. The molecule has 2 rings (SSSR count). The van der Waals surface area contributed by atoms with Gasteiger partial charge in [-0.15, -0.1) is 0 Å². The van der Waals surface area contributed by atoms with Gasteiger partial charge in [-0.1, -0.05) is 6.92 Å². The minimum Gasteiger partial charge on any atom is -0.444 e. The molecule has 0 unspecified atom stereocenters. The number of carbonyl (C=O) groups excluding carboxylic acids is 2. The van der Waals surface area contributed by atoms with Gasteiger partial charge in [-0.05, 0) is 20.8 Å². The molecule has 0 fully saturated rings. The van der Waals surface area contributed by atoms with Gasteiger partial charge in [0.05, 0.1) is 12.2 Å². The van der Waals surface area contributed by atoms with E-state index < -0.39 is 5.60 Å². The van der Waals surface area contributed by atoms with Crippen molar-refractivity contribution in [2.75, 3.05) is 11.9 Å². The highest BCUT2D eigenvalue weighted by molar-refractivity contribution is 5.90. The molecular formula is C15H24N4O3. The summed E-state index contributed by atoms with van der Waals surface area (Å²) in [7, 11) is 1.79. The quantitative estimate of drug-likeness (QED) is 0.907. The van der Waals surface area contributed by atoms with Crippen molar-refractivity contribution in [1.29, 1.82) is 0 Å². The van der Waals surface area contributed by atoms with E-state index in [0.29, 0.717) is 31.7 Å². The van der Waals surface area contributed by atoms with Crippen LogP contribution >= 0.6 is 0 Å². The molecule has 7 nitrogen and oxygen atoms in total. The van der Waals surface area contributed by atoms with E-state index in [1.54, 1.807) is 23.6 Å². The summed E-state index contributed by atoms with van der Waals surface area (Å²) >= 11 is 0. The molecule has 122 valence electrons. The van der Waals surface area contributed by atoms with Crippen molar-refractivity contribution < 1.29 is 14.3 Å². The Morgan fingerprint density at radius 2 is 2.05 bits per heavy atom. The van der Waals surface area contributed by atoms with Crippen LogP contribution in [-0.2, 0) is 29.5 Å². The zero-order valence-corrected chi connectivity index (χ0v) is 13.9. The van der Waals surface area contributed by atoms with Gasteiger partial charge in [-0.3, -0.25) is 9.48 Å². The first-order valence-electron chi connectivity index (χ1n) is 7.53. The van der Waals surface area contributed by atoms with Gasteiger partial charge in [0.15, 0.2) is 0 Å². The van der Waals surface area contributed by atoms with Crippen molar-refractivity contribution in [3.63, 3.8) is 0 Å². The lowest BCUT2D eigenvalue weighted by Crippen LogP contribution is -2.40. The Morgan fingerprint density at radius 1 is 1.36 bits per heavy atom.